The first kappa shape index (κ1) is 9.01. The molecule has 2 nitrogen and oxygen atoms in total. The molecule has 0 spiro atoms. The van der Waals surface area contributed by atoms with Crippen molar-refractivity contribution in [2.45, 2.75) is 20.3 Å². The molecule has 0 bridgehead atoms. The fraction of sp³-hybridized carbons (Fsp3) is 1.00. The number of fused-ring (bicyclic) bond motifs is 1. The molecule has 0 unspecified atom stereocenters. The SMILES string of the molecule is C1NCC2CNCC12.CCC. The van der Waals surface area contributed by atoms with Crippen LogP contribution in [0.5, 0.6) is 0 Å². The van der Waals surface area contributed by atoms with Gasteiger partial charge in [0, 0.05) is 0 Å². The van der Waals surface area contributed by atoms with Gasteiger partial charge in [-0.3, -0.25) is 0 Å². The van der Waals surface area contributed by atoms with Gasteiger partial charge in [-0.25, -0.2) is 0 Å². The van der Waals surface area contributed by atoms with Crippen LogP contribution in [-0.2, 0) is 0 Å². The van der Waals surface area contributed by atoms with Gasteiger partial charge in [-0.2, -0.15) is 0 Å². The highest BCUT2D eigenvalue weighted by molar-refractivity contribution is 4.88. The van der Waals surface area contributed by atoms with E-state index in [1.54, 1.807) is 0 Å². The third kappa shape index (κ3) is 2.46. The van der Waals surface area contributed by atoms with E-state index >= 15 is 0 Å². The molecule has 0 radical (unpaired) electrons. The second kappa shape index (κ2) is 4.73. The second-order valence-corrected chi connectivity index (χ2v) is 3.54. The average molecular weight is 156 g/mol. The van der Waals surface area contributed by atoms with Crippen LogP contribution in [0.25, 0.3) is 0 Å². The third-order valence-corrected chi connectivity index (χ3v) is 2.29. The maximum absolute atomic E-state index is 3.38. The number of nitrogens with one attached hydrogen (secondary N) is 2. The van der Waals surface area contributed by atoms with Gasteiger partial charge in [0.25, 0.3) is 0 Å². The Kier molecular flexibility index (Phi) is 3.87. The van der Waals surface area contributed by atoms with E-state index in [-0.39, 0.29) is 0 Å². The van der Waals surface area contributed by atoms with E-state index in [1.807, 2.05) is 0 Å². The lowest BCUT2D eigenvalue weighted by Gasteiger charge is -2.01. The molecule has 2 rings (SSSR count). The van der Waals surface area contributed by atoms with E-state index in [0.717, 1.165) is 11.8 Å². The van der Waals surface area contributed by atoms with Crippen LogP contribution in [0.15, 0.2) is 0 Å². The van der Waals surface area contributed by atoms with Crippen molar-refractivity contribution >= 4 is 0 Å². The van der Waals surface area contributed by atoms with Crippen LogP contribution in [-0.4, -0.2) is 26.2 Å². The van der Waals surface area contributed by atoms with Gasteiger partial charge in [-0.15, -0.1) is 0 Å². The summed E-state index contributed by atoms with van der Waals surface area (Å²) in [5.41, 5.74) is 0. The van der Waals surface area contributed by atoms with Crippen LogP contribution >= 0.6 is 0 Å². The minimum absolute atomic E-state index is 0.954. The zero-order valence-electron chi connectivity index (χ0n) is 7.69. The lowest BCUT2D eigenvalue weighted by molar-refractivity contribution is 0.533. The third-order valence-electron chi connectivity index (χ3n) is 2.29. The summed E-state index contributed by atoms with van der Waals surface area (Å²) in [6.07, 6.45) is 1.25. The number of hydrogen-bond donors (Lipinski definition) is 2. The topological polar surface area (TPSA) is 24.1 Å². The first-order valence-corrected chi connectivity index (χ1v) is 4.79. The van der Waals surface area contributed by atoms with Crippen molar-refractivity contribution in [1.29, 1.82) is 0 Å². The molecule has 2 N–H and O–H groups in total. The zero-order chi connectivity index (χ0) is 8.10. The van der Waals surface area contributed by atoms with Gasteiger partial charge in [0.15, 0.2) is 0 Å². The first-order valence-electron chi connectivity index (χ1n) is 4.79. The predicted molar refractivity (Wildman–Crippen MR) is 48.7 cm³/mol. The molecule has 0 aliphatic carbocycles. The first-order chi connectivity index (χ1) is 5.38. The van der Waals surface area contributed by atoms with Crippen LogP contribution in [0.2, 0.25) is 0 Å². The normalized spacial score (nSPS) is 34.4. The van der Waals surface area contributed by atoms with Crippen molar-refractivity contribution in [3.63, 3.8) is 0 Å². The summed E-state index contributed by atoms with van der Waals surface area (Å²) in [4.78, 5) is 0. The number of hydrogen-bond acceptors (Lipinski definition) is 2. The van der Waals surface area contributed by atoms with Gasteiger partial charge >= 0.3 is 0 Å². The summed E-state index contributed by atoms with van der Waals surface area (Å²) in [6.45, 7) is 9.24. The Bertz CT molecular complexity index is 83.7. The molecular weight excluding hydrogens is 136 g/mol. The quantitative estimate of drug-likeness (QED) is 0.543. The van der Waals surface area contributed by atoms with Gasteiger partial charge in [0.1, 0.15) is 0 Å². The van der Waals surface area contributed by atoms with E-state index in [1.165, 1.54) is 32.6 Å². The van der Waals surface area contributed by atoms with Crippen molar-refractivity contribution in [3.05, 3.63) is 0 Å². The molecule has 0 aromatic rings. The highest BCUT2D eigenvalue weighted by atomic mass is 15.0. The molecule has 2 heteroatoms. The monoisotopic (exact) mass is 156 g/mol. The Balaban J connectivity index is 0.000000179. The van der Waals surface area contributed by atoms with Gasteiger partial charge < -0.3 is 10.6 Å². The molecule has 2 fully saturated rings. The average Bonchev–Trinajstić information content (AvgIpc) is 2.44. The van der Waals surface area contributed by atoms with Crippen LogP contribution in [0.1, 0.15) is 20.3 Å². The van der Waals surface area contributed by atoms with Crippen LogP contribution in [0.3, 0.4) is 0 Å². The summed E-state index contributed by atoms with van der Waals surface area (Å²) in [5, 5.41) is 6.77. The molecule has 2 aliphatic heterocycles. The Morgan fingerprint density at radius 1 is 0.909 bits per heavy atom. The van der Waals surface area contributed by atoms with Crippen molar-refractivity contribution < 1.29 is 0 Å². The lowest BCUT2D eigenvalue weighted by Crippen LogP contribution is -2.19. The Hall–Kier alpha value is -0.0800. The minimum Gasteiger partial charge on any atom is -0.316 e. The molecule has 2 saturated heterocycles. The van der Waals surface area contributed by atoms with Gasteiger partial charge in [0.05, 0.1) is 0 Å². The minimum atomic E-state index is 0.954. The second-order valence-electron chi connectivity index (χ2n) is 3.54. The Morgan fingerprint density at radius 2 is 1.18 bits per heavy atom. The molecular formula is C9H20N2. The van der Waals surface area contributed by atoms with Crippen molar-refractivity contribution in [1.82, 2.24) is 10.6 Å². The molecule has 11 heavy (non-hydrogen) atoms. The summed E-state index contributed by atoms with van der Waals surface area (Å²) in [7, 11) is 0. The van der Waals surface area contributed by atoms with Gasteiger partial charge in [0.2, 0.25) is 0 Å². The molecule has 66 valence electrons. The highest BCUT2D eigenvalue weighted by Gasteiger charge is 2.30. The van der Waals surface area contributed by atoms with Crippen LogP contribution < -0.4 is 10.6 Å². The van der Waals surface area contributed by atoms with E-state index in [4.69, 9.17) is 0 Å². The summed E-state index contributed by atoms with van der Waals surface area (Å²) >= 11 is 0. The van der Waals surface area contributed by atoms with Crippen molar-refractivity contribution in [2.24, 2.45) is 11.8 Å². The number of rotatable bonds is 0. The van der Waals surface area contributed by atoms with E-state index < -0.39 is 0 Å². The summed E-state index contributed by atoms with van der Waals surface area (Å²) in [5.74, 6) is 1.91. The van der Waals surface area contributed by atoms with E-state index in [9.17, 15) is 0 Å². The van der Waals surface area contributed by atoms with Crippen LogP contribution in [0, 0.1) is 11.8 Å². The highest BCUT2D eigenvalue weighted by Crippen LogP contribution is 2.19. The molecule has 0 atom stereocenters. The zero-order valence-corrected chi connectivity index (χ0v) is 7.69. The lowest BCUT2D eigenvalue weighted by atomic mass is 10.0. The largest absolute Gasteiger partial charge is 0.316 e. The summed E-state index contributed by atoms with van der Waals surface area (Å²) in [6, 6.07) is 0. The van der Waals surface area contributed by atoms with E-state index in [2.05, 4.69) is 24.5 Å². The van der Waals surface area contributed by atoms with Gasteiger partial charge in [-0.1, -0.05) is 20.3 Å². The molecule has 2 heterocycles. The molecule has 0 amide bonds. The van der Waals surface area contributed by atoms with Crippen LogP contribution in [0.4, 0.5) is 0 Å². The van der Waals surface area contributed by atoms with E-state index in [0.29, 0.717) is 0 Å². The van der Waals surface area contributed by atoms with Crippen molar-refractivity contribution in [3.8, 4) is 0 Å². The predicted octanol–water partition coefficient (Wildman–Crippen LogP) is 0.841. The Morgan fingerprint density at radius 3 is 1.45 bits per heavy atom. The fourth-order valence-electron chi connectivity index (χ4n) is 1.72. The standard InChI is InChI=1S/C6H12N2.C3H8/c1-5-2-8-4-6(5)3-7-1;1-3-2/h5-8H,1-4H2;3H2,1-2H3. The molecule has 0 saturated carbocycles. The maximum atomic E-state index is 3.38. The Labute approximate surface area is 69.8 Å². The summed E-state index contributed by atoms with van der Waals surface area (Å²) < 4.78 is 0. The molecule has 2 aliphatic rings. The smallest absolute Gasteiger partial charge is 0.000463 e. The van der Waals surface area contributed by atoms with Crippen molar-refractivity contribution in [2.75, 3.05) is 26.2 Å². The van der Waals surface area contributed by atoms with Gasteiger partial charge in [-0.05, 0) is 38.0 Å². The fourth-order valence-corrected chi connectivity index (χ4v) is 1.72. The maximum Gasteiger partial charge on any atom is -0.000463 e. The molecule has 0 aromatic heterocycles. The molecule has 0 aromatic carbocycles.